The lowest BCUT2D eigenvalue weighted by Gasteiger charge is -2.15. The number of aromatic nitrogens is 3. The van der Waals surface area contributed by atoms with E-state index in [1.165, 1.54) is 17.7 Å². The van der Waals surface area contributed by atoms with Crippen molar-refractivity contribution < 1.29 is 0 Å². The standard InChI is InChI=1S/C13H16ClN5S/c14-11-16-12(15-6-5-10-4-3-9-20-10)18-13(17-11)19-7-1-2-8-19/h3-4,9H,1-2,5-8H2,(H,15,16,17,18). The Morgan fingerprint density at radius 2 is 2.10 bits per heavy atom. The fourth-order valence-corrected chi connectivity index (χ4v) is 3.09. The minimum atomic E-state index is 0.250. The average Bonchev–Trinajstić information content (AvgIpc) is 3.11. The van der Waals surface area contributed by atoms with Gasteiger partial charge in [0.25, 0.3) is 0 Å². The average molecular weight is 310 g/mol. The molecule has 1 saturated heterocycles. The summed E-state index contributed by atoms with van der Waals surface area (Å²) in [7, 11) is 0. The van der Waals surface area contributed by atoms with Gasteiger partial charge in [-0.2, -0.15) is 15.0 Å². The SMILES string of the molecule is Clc1nc(NCCc2cccs2)nc(N2CCCC2)n1. The highest BCUT2D eigenvalue weighted by molar-refractivity contribution is 7.09. The maximum atomic E-state index is 5.98. The molecule has 3 rings (SSSR count). The minimum Gasteiger partial charge on any atom is -0.354 e. The second-order valence-electron chi connectivity index (χ2n) is 4.68. The van der Waals surface area contributed by atoms with E-state index >= 15 is 0 Å². The highest BCUT2D eigenvalue weighted by atomic mass is 35.5. The molecular weight excluding hydrogens is 294 g/mol. The number of halogens is 1. The zero-order valence-electron chi connectivity index (χ0n) is 11.0. The summed E-state index contributed by atoms with van der Waals surface area (Å²) in [6.07, 6.45) is 3.33. The summed E-state index contributed by atoms with van der Waals surface area (Å²) in [5.74, 6) is 1.24. The molecule has 5 nitrogen and oxygen atoms in total. The summed E-state index contributed by atoms with van der Waals surface area (Å²) in [5, 5.41) is 5.56. The molecule has 2 aromatic rings. The molecule has 0 radical (unpaired) electrons. The second-order valence-corrected chi connectivity index (χ2v) is 6.05. The molecule has 106 valence electrons. The van der Waals surface area contributed by atoms with Gasteiger partial charge in [0.05, 0.1) is 0 Å². The molecule has 1 aliphatic rings. The monoisotopic (exact) mass is 309 g/mol. The van der Waals surface area contributed by atoms with Crippen molar-refractivity contribution in [3.05, 3.63) is 27.7 Å². The highest BCUT2D eigenvalue weighted by Crippen LogP contribution is 2.18. The van der Waals surface area contributed by atoms with E-state index in [2.05, 4.69) is 42.7 Å². The fraction of sp³-hybridized carbons (Fsp3) is 0.462. The van der Waals surface area contributed by atoms with E-state index in [1.54, 1.807) is 11.3 Å². The van der Waals surface area contributed by atoms with Crippen LogP contribution in [-0.2, 0) is 6.42 Å². The van der Waals surface area contributed by atoms with Gasteiger partial charge in [0.2, 0.25) is 17.2 Å². The van der Waals surface area contributed by atoms with Gasteiger partial charge in [-0.05, 0) is 42.3 Å². The highest BCUT2D eigenvalue weighted by Gasteiger charge is 2.16. The second kappa shape index (κ2) is 6.37. The summed E-state index contributed by atoms with van der Waals surface area (Å²) in [4.78, 5) is 16.3. The third kappa shape index (κ3) is 3.37. The Balaban J connectivity index is 1.63. The van der Waals surface area contributed by atoms with Gasteiger partial charge in [-0.1, -0.05) is 6.07 Å². The lowest BCUT2D eigenvalue weighted by molar-refractivity contribution is 0.874. The number of hydrogen-bond acceptors (Lipinski definition) is 6. The van der Waals surface area contributed by atoms with Crippen LogP contribution >= 0.6 is 22.9 Å². The zero-order chi connectivity index (χ0) is 13.8. The van der Waals surface area contributed by atoms with Crippen LogP contribution in [0.1, 0.15) is 17.7 Å². The van der Waals surface area contributed by atoms with Gasteiger partial charge in [-0.3, -0.25) is 0 Å². The van der Waals surface area contributed by atoms with Crippen LogP contribution in [0.15, 0.2) is 17.5 Å². The van der Waals surface area contributed by atoms with Crippen LogP contribution in [0.5, 0.6) is 0 Å². The summed E-state index contributed by atoms with van der Waals surface area (Å²) >= 11 is 7.74. The van der Waals surface area contributed by atoms with Crippen LogP contribution < -0.4 is 10.2 Å². The maximum absolute atomic E-state index is 5.98. The third-order valence-electron chi connectivity index (χ3n) is 3.22. The Bertz CT molecular complexity index is 554. The van der Waals surface area contributed by atoms with Gasteiger partial charge in [-0.15, -0.1) is 11.3 Å². The van der Waals surface area contributed by atoms with Crippen molar-refractivity contribution in [2.75, 3.05) is 29.9 Å². The van der Waals surface area contributed by atoms with E-state index in [-0.39, 0.29) is 5.28 Å². The van der Waals surface area contributed by atoms with Crippen molar-refractivity contribution in [2.24, 2.45) is 0 Å². The van der Waals surface area contributed by atoms with Crippen LogP contribution in [0, 0.1) is 0 Å². The topological polar surface area (TPSA) is 53.9 Å². The molecule has 3 heterocycles. The lowest BCUT2D eigenvalue weighted by atomic mass is 10.3. The molecule has 0 unspecified atom stereocenters. The Morgan fingerprint density at radius 3 is 2.85 bits per heavy atom. The van der Waals surface area contributed by atoms with E-state index in [0.717, 1.165) is 26.1 Å². The molecule has 0 saturated carbocycles. The largest absolute Gasteiger partial charge is 0.354 e. The van der Waals surface area contributed by atoms with Crippen LogP contribution in [0.4, 0.5) is 11.9 Å². The Labute approximate surface area is 127 Å². The first-order chi connectivity index (χ1) is 9.81. The number of thiophene rings is 1. The molecule has 7 heteroatoms. The van der Waals surface area contributed by atoms with Crippen LogP contribution in [0.25, 0.3) is 0 Å². The van der Waals surface area contributed by atoms with Crippen molar-refractivity contribution in [2.45, 2.75) is 19.3 Å². The first-order valence-electron chi connectivity index (χ1n) is 6.74. The summed E-state index contributed by atoms with van der Waals surface area (Å²) in [6, 6.07) is 4.19. The molecule has 1 aliphatic heterocycles. The third-order valence-corrected chi connectivity index (χ3v) is 4.33. The summed E-state index contributed by atoms with van der Waals surface area (Å²) in [6.45, 7) is 2.78. The van der Waals surface area contributed by atoms with Crippen molar-refractivity contribution in [3.63, 3.8) is 0 Å². The van der Waals surface area contributed by atoms with Gasteiger partial charge < -0.3 is 10.2 Å². The number of nitrogens with zero attached hydrogens (tertiary/aromatic N) is 4. The number of anilines is 2. The van der Waals surface area contributed by atoms with Crippen molar-refractivity contribution in [1.29, 1.82) is 0 Å². The molecule has 1 N–H and O–H groups in total. The molecule has 20 heavy (non-hydrogen) atoms. The van der Waals surface area contributed by atoms with Gasteiger partial charge in [-0.25, -0.2) is 0 Å². The van der Waals surface area contributed by atoms with Gasteiger partial charge in [0, 0.05) is 24.5 Å². The quantitative estimate of drug-likeness (QED) is 0.920. The van der Waals surface area contributed by atoms with E-state index in [9.17, 15) is 0 Å². The van der Waals surface area contributed by atoms with Crippen molar-refractivity contribution in [3.8, 4) is 0 Å². The molecule has 0 atom stereocenters. The molecule has 2 aromatic heterocycles. The first kappa shape index (κ1) is 13.6. The van der Waals surface area contributed by atoms with Crippen LogP contribution in [0.3, 0.4) is 0 Å². The number of hydrogen-bond donors (Lipinski definition) is 1. The molecule has 0 aromatic carbocycles. The molecule has 0 aliphatic carbocycles. The summed E-state index contributed by atoms with van der Waals surface area (Å²) < 4.78 is 0. The van der Waals surface area contributed by atoms with Gasteiger partial charge >= 0.3 is 0 Å². The van der Waals surface area contributed by atoms with Crippen molar-refractivity contribution >= 4 is 34.8 Å². The smallest absolute Gasteiger partial charge is 0.231 e. The Kier molecular flexibility index (Phi) is 4.32. The van der Waals surface area contributed by atoms with Crippen molar-refractivity contribution in [1.82, 2.24) is 15.0 Å². The minimum absolute atomic E-state index is 0.250. The van der Waals surface area contributed by atoms with E-state index in [4.69, 9.17) is 11.6 Å². The Hall–Kier alpha value is -1.40. The maximum Gasteiger partial charge on any atom is 0.231 e. The normalized spacial score (nSPS) is 14.8. The summed E-state index contributed by atoms with van der Waals surface area (Å²) in [5.41, 5.74) is 0. The first-order valence-corrected chi connectivity index (χ1v) is 8.00. The number of rotatable bonds is 5. The lowest BCUT2D eigenvalue weighted by Crippen LogP contribution is -2.21. The molecule has 0 amide bonds. The van der Waals surface area contributed by atoms with Crippen LogP contribution in [-0.4, -0.2) is 34.6 Å². The predicted octanol–water partition coefficient (Wildman–Crippen LogP) is 2.84. The van der Waals surface area contributed by atoms with Crippen LogP contribution in [0.2, 0.25) is 5.28 Å². The van der Waals surface area contributed by atoms with E-state index < -0.39 is 0 Å². The Morgan fingerprint density at radius 1 is 1.25 bits per heavy atom. The molecule has 0 bridgehead atoms. The molecule has 0 spiro atoms. The zero-order valence-corrected chi connectivity index (χ0v) is 12.6. The van der Waals surface area contributed by atoms with E-state index in [1.807, 2.05) is 0 Å². The number of nitrogens with one attached hydrogen (secondary N) is 1. The molecule has 1 fully saturated rings. The molecular formula is C13H16ClN5S. The van der Waals surface area contributed by atoms with E-state index in [0.29, 0.717) is 11.9 Å². The van der Waals surface area contributed by atoms with Gasteiger partial charge in [0.15, 0.2) is 0 Å². The van der Waals surface area contributed by atoms with Gasteiger partial charge in [0.1, 0.15) is 0 Å². The predicted molar refractivity (Wildman–Crippen MR) is 82.8 cm³/mol. The fourth-order valence-electron chi connectivity index (χ4n) is 2.23.